The molecule has 1 amide bonds. The summed E-state index contributed by atoms with van der Waals surface area (Å²) in [5.41, 5.74) is -0.995. The molecule has 0 aliphatic heterocycles. The molecule has 108 valence electrons. The summed E-state index contributed by atoms with van der Waals surface area (Å²) in [6.07, 6.45) is -4.51. The number of hydrogen-bond donors (Lipinski definition) is 1. The second-order valence-electron chi connectivity index (χ2n) is 3.79. The van der Waals surface area contributed by atoms with Crippen molar-refractivity contribution in [1.29, 1.82) is 5.26 Å². The molecule has 3 nitrogen and oxygen atoms in total. The smallest absolute Gasteiger partial charge is 0.324 e. The molecule has 0 radical (unpaired) electrons. The number of alkyl halides is 3. The summed E-state index contributed by atoms with van der Waals surface area (Å²) >= 11 is 6.84. The Morgan fingerprint density at radius 2 is 2.20 bits per heavy atom. The SMILES string of the molecule is CC(SCC#N)C(=O)Nc1cc(C(F)(F)F)ccc1Cl. The van der Waals surface area contributed by atoms with E-state index in [-0.39, 0.29) is 16.5 Å². The number of hydrogen-bond acceptors (Lipinski definition) is 3. The van der Waals surface area contributed by atoms with Crippen molar-refractivity contribution in [2.75, 3.05) is 11.1 Å². The third-order valence-corrected chi connectivity index (χ3v) is 3.66. The van der Waals surface area contributed by atoms with Crippen LogP contribution in [0.1, 0.15) is 12.5 Å². The number of thioether (sulfide) groups is 1. The molecule has 1 aromatic rings. The molecule has 1 N–H and O–H groups in total. The fourth-order valence-corrected chi connectivity index (χ4v) is 1.97. The summed E-state index contributed by atoms with van der Waals surface area (Å²) in [6.45, 7) is 1.55. The molecule has 0 fully saturated rings. The van der Waals surface area contributed by atoms with Crippen LogP contribution in [0.25, 0.3) is 0 Å². The van der Waals surface area contributed by atoms with Crippen molar-refractivity contribution < 1.29 is 18.0 Å². The molecule has 0 aliphatic rings. The molecule has 8 heteroatoms. The number of anilines is 1. The average Bonchev–Trinajstić information content (AvgIpc) is 2.37. The van der Waals surface area contributed by atoms with Gasteiger partial charge in [0.2, 0.25) is 5.91 Å². The molecule has 0 aliphatic carbocycles. The number of rotatable bonds is 4. The third kappa shape index (κ3) is 4.62. The summed E-state index contributed by atoms with van der Waals surface area (Å²) in [5, 5.41) is 10.2. The highest BCUT2D eigenvalue weighted by Crippen LogP contribution is 2.34. The van der Waals surface area contributed by atoms with Crippen LogP contribution in [0.4, 0.5) is 18.9 Å². The van der Waals surface area contributed by atoms with Gasteiger partial charge < -0.3 is 5.32 Å². The Morgan fingerprint density at radius 1 is 1.55 bits per heavy atom. The molecular weight excluding hydrogens is 313 g/mol. The van der Waals surface area contributed by atoms with E-state index in [0.717, 1.165) is 30.0 Å². The Kier molecular flexibility index (Phi) is 5.72. The zero-order valence-corrected chi connectivity index (χ0v) is 11.9. The Labute approximate surface area is 123 Å². The van der Waals surface area contributed by atoms with E-state index in [4.69, 9.17) is 16.9 Å². The van der Waals surface area contributed by atoms with Gasteiger partial charge in [0.05, 0.1) is 33.3 Å². The van der Waals surface area contributed by atoms with Crippen LogP contribution in [0.2, 0.25) is 5.02 Å². The molecule has 0 aromatic heterocycles. The molecule has 1 atom stereocenters. The van der Waals surface area contributed by atoms with Crippen LogP contribution in [0.5, 0.6) is 0 Å². The number of carbonyl (C=O) groups is 1. The van der Waals surface area contributed by atoms with E-state index in [1.54, 1.807) is 6.92 Å². The number of nitrogens with zero attached hydrogens (tertiary/aromatic N) is 1. The van der Waals surface area contributed by atoms with Crippen molar-refractivity contribution in [2.45, 2.75) is 18.3 Å². The highest BCUT2D eigenvalue weighted by Gasteiger charge is 2.31. The predicted octanol–water partition coefficient (Wildman–Crippen LogP) is 3.94. The zero-order chi connectivity index (χ0) is 15.3. The molecule has 20 heavy (non-hydrogen) atoms. The van der Waals surface area contributed by atoms with E-state index in [0.29, 0.717) is 0 Å². The number of nitrogens with one attached hydrogen (secondary N) is 1. The maximum atomic E-state index is 12.6. The molecular formula is C12H10ClF3N2OS. The predicted molar refractivity (Wildman–Crippen MR) is 72.6 cm³/mol. The normalized spacial score (nSPS) is 12.6. The van der Waals surface area contributed by atoms with Gasteiger partial charge in [-0.1, -0.05) is 11.6 Å². The lowest BCUT2D eigenvalue weighted by atomic mass is 10.2. The first kappa shape index (κ1) is 16.7. The molecule has 0 saturated heterocycles. The van der Waals surface area contributed by atoms with E-state index in [2.05, 4.69) is 5.32 Å². The van der Waals surface area contributed by atoms with E-state index >= 15 is 0 Å². The van der Waals surface area contributed by atoms with Crippen LogP contribution >= 0.6 is 23.4 Å². The van der Waals surface area contributed by atoms with Gasteiger partial charge in [-0.25, -0.2) is 0 Å². The quantitative estimate of drug-likeness (QED) is 0.913. The standard InChI is InChI=1S/C12H10ClF3N2OS/c1-7(20-5-4-17)11(19)18-10-6-8(12(14,15)16)2-3-9(10)13/h2-3,6-7H,5H2,1H3,(H,18,19). The number of benzene rings is 1. The van der Waals surface area contributed by atoms with Gasteiger partial charge in [-0.05, 0) is 25.1 Å². The highest BCUT2D eigenvalue weighted by atomic mass is 35.5. The van der Waals surface area contributed by atoms with Gasteiger partial charge >= 0.3 is 6.18 Å². The summed E-state index contributed by atoms with van der Waals surface area (Å²) < 4.78 is 37.7. The van der Waals surface area contributed by atoms with Gasteiger partial charge in [-0.15, -0.1) is 11.8 Å². The molecule has 0 saturated carbocycles. The van der Waals surface area contributed by atoms with Crippen LogP contribution in [0.15, 0.2) is 18.2 Å². The van der Waals surface area contributed by atoms with Gasteiger partial charge in [-0.2, -0.15) is 18.4 Å². The van der Waals surface area contributed by atoms with Crippen molar-refractivity contribution in [3.63, 3.8) is 0 Å². The molecule has 0 bridgehead atoms. The summed E-state index contributed by atoms with van der Waals surface area (Å²) in [4.78, 5) is 11.8. The number of carbonyl (C=O) groups excluding carboxylic acids is 1. The summed E-state index contributed by atoms with van der Waals surface area (Å²) in [5.74, 6) is -0.392. The van der Waals surface area contributed by atoms with Crippen LogP contribution in [-0.4, -0.2) is 16.9 Å². The van der Waals surface area contributed by atoms with E-state index in [1.165, 1.54) is 0 Å². The minimum atomic E-state index is -4.51. The van der Waals surface area contributed by atoms with Gasteiger partial charge in [0, 0.05) is 0 Å². The largest absolute Gasteiger partial charge is 0.416 e. The Balaban J connectivity index is 2.87. The summed E-state index contributed by atoms with van der Waals surface area (Å²) in [7, 11) is 0. The zero-order valence-electron chi connectivity index (χ0n) is 10.3. The maximum absolute atomic E-state index is 12.6. The van der Waals surface area contributed by atoms with Crippen molar-refractivity contribution in [2.24, 2.45) is 0 Å². The van der Waals surface area contributed by atoms with Crippen molar-refractivity contribution >= 4 is 35.0 Å². The van der Waals surface area contributed by atoms with E-state index in [1.807, 2.05) is 6.07 Å². The first-order valence-corrected chi connectivity index (χ1v) is 6.84. The van der Waals surface area contributed by atoms with Gasteiger partial charge in [0.1, 0.15) is 0 Å². The van der Waals surface area contributed by atoms with Crippen molar-refractivity contribution in [3.8, 4) is 6.07 Å². The molecule has 0 spiro atoms. The van der Waals surface area contributed by atoms with Crippen LogP contribution in [-0.2, 0) is 11.0 Å². The summed E-state index contributed by atoms with van der Waals surface area (Å²) in [6, 6.07) is 4.56. The average molecular weight is 323 g/mol. The van der Waals surface area contributed by atoms with E-state index in [9.17, 15) is 18.0 Å². The van der Waals surface area contributed by atoms with Gasteiger partial charge in [0.15, 0.2) is 0 Å². The molecule has 1 aromatic carbocycles. The minimum absolute atomic E-state index is 0.0174. The monoisotopic (exact) mass is 322 g/mol. The van der Waals surface area contributed by atoms with Gasteiger partial charge in [0.25, 0.3) is 0 Å². The number of nitriles is 1. The van der Waals surface area contributed by atoms with Crippen molar-refractivity contribution in [1.82, 2.24) is 0 Å². The van der Waals surface area contributed by atoms with Crippen LogP contribution in [0.3, 0.4) is 0 Å². The first-order chi connectivity index (χ1) is 9.25. The van der Waals surface area contributed by atoms with Crippen LogP contribution < -0.4 is 5.32 Å². The lowest BCUT2D eigenvalue weighted by molar-refractivity contribution is -0.137. The highest BCUT2D eigenvalue weighted by molar-refractivity contribution is 8.00. The lowest BCUT2D eigenvalue weighted by Crippen LogP contribution is -2.23. The lowest BCUT2D eigenvalue weighted by Gasteiger charge is -2.14. The Morgan fingerprint density at radius 3 is 2.75 bits per heavy atom. The Bertz CT molecular complexity index is 542. The maximum Gasteiger partial charge on any atom is 0.416 e. The topological polar surface area (TPSA) is 52.9 Å². The fourth-order valence-electron chi connectivity index (χ4n) is 1.27. The minimum Gasteiger partial charge on any atom is -0.324 e. The molecule has 0 heterocycles. The van der Waals surface area contributed by atoms with Crippen molar-refractivity contribution in [3.05, 3.63) is 28.8 Å². The molecule has 1 rings (SSSR count). The number of halogens is 4. The van der Waals surface area contributed by atoms with Gasteiger partial charge in [-0.3, -0.25) is 4.79 Å². The first-order valence-electron chi connectivity index (χ1n) is 5.42. The van der Waals surface area contributed by atoms with Crippen LogP contribution in [0, 0.1) is 11.3 Å². The molecule has 1 unspecified atom stereocenters. The second-order valence-corrected chi connectivity index (χ2v) is 5.53. The van der Waals surface area contributed by atoms with E-state index < -0.39 is 22.9 Å². The number of amides is 1. The second kappa shape index (κ2) is 6.86. The third-order valence-electron chi connectivity index (χ3n) is 2.32. The fraction of sp³-hybridized carbons (Fsp3) is 0.333. The Hall–Kier alpha value is -1.39.